The highest BCUT2D eigenvalue weighted by molar-refractivity contribution is 5.79. The molecule has 6 nitrogen and oxygen atoms in total. The molecule has 0 saturated heterocycles. The Balaban J connectivity index is 1.73. The maximum Gasteiger partial charge on any atom is 0.157 e. The molecular weight excluding hydrogens is 321 g/mol. The van der Waals surface area contributed by atoms with Crippen LogP contribution in [0.1, 0.15) is 5.56 Å². The topological polar surface area (TPSA) is 81.8 Å². The van der Waals surface area contributed by atoms with Gasteiger partial charge in [0.2, 0.25) is 0 Å². The van der Waals surface area contributed by atoms with Crippen molar-refractivity contribution in [2.24, 2.45) is 0 Å². The number of rotatable bonds is 4. The molecule has 0 aliphatic heterocycles. The number of nitrogens with one attached hydrogen (secondary N) is 1. The number of benzene rings is 2. The van der Waals surface area contributed by atoms with Crippen LogP contribution in [0.4, 0.5) is 10.2 Å². The number of methoxy groups -OCH3 is 1. The number of nitrogens with zero attached hydrogens (tertiary/aromatic N) is 3. The molecule has 7 heteroatoms. The van der Waals surface area contributed by atoms with E-state index in [-0.39, 0.29) is 5.82 Å². The summed E-state index contributed by atoms with van der Waals surface area (Å²) in [6.45, 7) is 0.510. The molecule has 2 aromatic carbocycles. The highest BCUT2D eigenvalue weighted by Crippen LogP contribution is 2.24. The lowest BCUT2D eigenvalue weighted by Crippen LogP contribution is -2.05. The van der Waals surface area contributed by atoms with Crippen LogP contribution in [0.25, 0.3) is 22.6 Å². The number of anilines is 1. The van der Waals surface area contributed by atoms with Gasteiger partial charge in [0.1, 0.15) is 28.6 Å². The largest absolute Gasteiger partial charge is 0.497 e. The highest BCUT2D eigenvalue weighted by atomic mass is 19.1. The summed E-state index contributed by atoms with van der Waals surface area (Å²) in [6.07, 6.45) is 0. The van der Waals surface area contributed by atoms with E-state index >= 15 is 0 Å². The van der Waals surface area contributed by atoms with Crippen molar-refractivity contribution in [3.63, 3.8) is 0 Å². The molecule has 0 bridgehead atoms. The number of ether oxygens (including phenoxy) is 1. The number of para-hydroxylation sites is 1. The van der Waals surface area contributed by atoms with Crippen molar-refractivity contribution in [3.8, 4) is 17.3 Å². The third-order valence-electron chi connectivity index (χ3n) is 4.00. The zero-order valence-electron chi connectivity index (χ0n) is 13.5. The van der Waals surface area contributed by atoms with Crippen molar-refractivity contribution < 1.29 is 9.13 Å². The van der Waals surface area contributed by atoms with Crippen molar-refractivity contribution in [3.05, 3.63) is 59.9 Å². The van der Waals surface area contributed by atoms with Gasteiger partial charge in [0, 0.05) is 6.07 Å². The third-order valence-corrected chi connectivity index (χ3v) is 4.00. The van der Waals surface area contributed by atoms with Crippen LogP contribution in [0.3, 0.4) is 0 Å². The Morgan fingerprint density at radius 1 is 1.20 bits per heavy atom. The molecule has 0 unspecified atom stereocenters. The molecule has 2 aromatic heterocycles. The summed E-state index contributed by atoms with van der Waals surface area (Å²) in [4.78, 5) is 7.47. The van der Waals surface area contributed by atoms with Crippen LogP contribution in [-0.2, 0) is 6.54 Å². The molecule has 2 heterocycles. The van der Waals surface area contributed by atoms with E-state index in [1.54, 1.807) is 30.0 Å². The lowest BCUT2D eigenvalue weighted by Gasteiger charge is -2.07. The van der Waals surface area contributed by atoms with E-state index in [1.807, 2.05) is 24.3 Å². The van der Waals surface area contributed by atoms with Gasteiger partial charge in [0.05, 0.1) is 19.2 Å². The van der Waals surface area contributed by atoms with Crippen LogP contribution in [0, 0.1) is 5.82 Å². The van der Waals surface area contributed by atoms with Crippen LogP contribution >= 0.6 is 0 Å². The minimum Gasteiger partial charge on any atom is -0.497 e. The molecule has 0 aliphatic carbocycles. The number of aromatic amines is 1. The molecular formula is C18H16FN5O. The number of H-pyrrole nitrogens is 1. The first-order valence-electron chi connectivity index (χ1n) is 7.75. The number of fused-ring (bicyclic) bond motifs is 1. The second-order valence-corrected chi connectivity index (χ2v) is 5.68. The van der Waals surface area contributed by atoms with Crippen LogP contribution < -0.4 is 10.5 Å². The maximum atomic E-state index is 13.9. The van der Waals surface area contributed by atoms with Gasteiger partial charge in [0.25, 0.3) is 0 Å². The number of halogens is 1. The standard InChI is InChI=1S/C18H16FN5O/c1-25-12-7-5-11(6-8-12)10-24-15(9-16(20)23-24)18-21-14-4-2-3-13(19)17(14)22-18/h2-9H,10H2,1H3,(H2,20,23)(H,21,22). The Labute approximate surface area is 143 Å². The number of nitrogens with two attached hydrogens (primary N) is 1. The van der Waals surface area contributed by atoms with Crippen LogP contribution in [0.2, 0.25) is 0 Å². The van der Waals surface area contributed by atoms with Gasteiger partial charge in [-0.1, -0.05) is 18.2 Å². The van der Waals surface area contributed by atoms with E-state index in [1.165, 1.54) is 6.07 Å². The molecule has 3 N–H and O–H groups in total. The van der Waals surface area contributed by atoms with Gasteiger partial charge < -0.3 is 15.5 Å². The predicted molar refractivity (Wildman–Crippen MR) is 93.8 cm³/mol. The van der Waals surface area contributed by atoms with Crippen LogP contribution in [0.15, 0.2) is 48.5 Å². The lowest BCUT2D eigenvalue weighted by molar-refractivity contribution is 0.414. The number of nitrogen functional groups attached to an aromatic ring is 1. The maximum absolute atomic E-state index is 13.9. The van der Waals surface area contributed by atoms with E-state index in [0.29, 0.717) is 34.9 Å². The zero-order chi connectivity index (χ0) is 17.4. The van der Waals surface area contributed by atoms with E-state index in [4.69, 9.17) is 10.5 Å². The fraction of sp³-hybridized carbons (Fsp3) is 0.111. The Kier molecular flexibility index (Phi) is 3.61. The SMILES string of the molecule is COc1ccc(Cn2nc(N)cc2-c2nc3cccc(F)c3[nH]2)cc1. The van der Waals surface area contributed by atoms with Crippen molar-refractivity contribution in [1.82, 2.24) is 19.7 Å². The molecule has 4 rings (SSSR count). The first kappa shape index (κ1) is 15.2. The van der Waals surface area contributed by atoms with Crippen molar-refractivity contribution >= 4 is 16.9 Å². The van der Waals surface area contributed by atoms with Gasteiger partial charge >= 0.3 is 0 Å². The van der Waals surface area contributed by atoms with Gasteiger partial charge in [0.15, 0.2) is 5.82 Å². The molecule has 0 amide bonds. The average molecular weight is 337 g/mol. The van der Waals surface area contributed by atoms with E-state index in [2.05, 4.69) is 15.1 Å². The van der Waals surface area contributed by atoms with Crippen molar-refractivity contribution in [2.45, 2.75) is 6.54 Å². The lowest BCUT2D eigenvalue weighted by atomic mass is 10.2. The fourth-order valence-corrected chi connectivity index (χ4v) is 2.77. The molecule has 0 radical (unpaired) electrons. The first-order chi connectivity index (χ1) is 12.1. The number of imidazole rings is 1. The van der Waals surface area contributed by atoms with E-state index in [0.717, 1.165) is 11.3 Å². The van der Waals surface area contributed by atoms with E-state index < -0.39 is 0 Å². The Bertz CT molecular complexity index is 1040. The molecule has 126 valence electrons. The second kappa shape index (κ2) is 5.94. The highest BCUT2D eigenvalue weighted by Gasteiger charge is 2.14. The molecule has 25 heavy (non-hydrogen) atoms. The summed E-state index contributed by atoms with van der Waals surface area (Å²) in [5.41, 5.74) is 8.53. The molecule has 0 aliphatic rings. The Morgan fingerprint density at radius 2 is 2.00 bits per heavy atom. The molecule has 0 atom stereocenters. The van der Waals surface area contributed by atoms with Gasteiger partial charge in [-0.25, -0.2) is 9.37 Å². The summed E-state index contributed by atoms with van der Waals surface area (Å²) in [6, 6.07) is 14.2. The van der Waals surface area contributed by atoms with Crippen LogP contribution in [-0.4, -0.2) is 26.9 Å². The number of hydrogen-bond donors (Lipinski definition) is 2. The monoisotopic (exact) mass is 337 g/mol. The summed E-state index contributed by atoms with van der Waals surface area (Å²) in [7, 11) is 1.63. The second-order valence-electron chi connectivity index (χ2n) is 5.68. The number of hydrogen-bond acceptors (Lipinski definition) is 4. The van der Waals surface area contributed by atoms with Gasteiger partial charge in [-0.15, -0.1) is 0 Å². The van der Waals surface area contributed by atoms with Gasteiger partial charge in [-0.3, -0.25) is 4.68 Å². The predicted octanol–water partition coefficient (Wildman–Crippen LogP) is 3.20. The van der Waals surface area contributed by atoms with Crippen molar-refractivity contribution in [1.29, 1.82) is 0 Å². The third kappa shape index (κ3) is 2.80. The average Bonchev–Trinajstić information content (AvgIpc) is 3.20. The summed E-state index contributed by atoms with van der Waals surface area (Å²) in [5, 5.41) is 4.33. The molecule has 4 aromatic rings. The summed E-state index contributed by atoms with van der Waals surface area (Å²) in [5.74, 6) is 1.35. The smallest absolute Gasteiger partial charge is 0.157 e. The normalized spacial score (nSPS) is 11.1. The first-order valence-corrected chi connectivity index (χ1v) is 7.75. The summed E-state index contributed by atoms with van der Waals surface area (Å²) >= 11 is 0. The zero-order valence-corrected chi connectivity index (χ0v) is 13.5. The summed E-state index contributed by atoms with van der Waals surface area (Å²) < 4.78 is 20.8. The molecule has 0 spiro atoms. The van der Waals surface area contributed by atoms with Gasteiger partial charge in [-0.2, -0.15) is 5.10 Å². The Morgan fingerprint density at radius 3 is 2.72 bits per heavy atom. The minimum atomic E-state index is -0.342. The van der Waals surface area contributed by atoms with E-state index in [9.17, 15) is 4.39 Å². The molecule has 0 saturated carbocycles. The molecule has 0 fully saturated rings. The quantitative estimate of drug-likeness (QED) is 0.599. The number of aromatic nitrogens is 4. The van der Waals surface area contributed by atoms with Gasteiger partial charge in [-0.05, 0) is 29.8 Å². The minimum absolute atomic E-state index is 0.342. The Hall–Kier alpha value is -3.35. The van der Waals surface area contributed by atoms with Crippen molar-refractivity contribution in [2.75, 3.05) is 12.8 Å². The fourth-order valence-electron chi connectivity index (χ4n) is 2.77. The van der Waals surface area contributed by atoms with Crippen LogP contribution in [0.5, 0.6) is 5.75 Å².